The smallest absolute Gasteiger partial charge is 0.241 e. The van der Waals surface area contributed by atoms with E-state index in [0.717, 1.165) is 50.0 Å². The fourth-order valence-corrected chi connectivity index (χ4v) is 4.82. The van der Waals surface area contributed by atoms with E-state index in [4.69, 9.17) is 4.74 Å². The van der Waals surface area contributed by atoms with E-state index >= 15 is 0 Å². The molecule has 1 aliphatic carbocycles. The molecule has 3 aliphatic rings. The van der Waals surface area contributed by atoms with Crippen molar-refractivity contribution in [3.8, 4) is 0 Å². The Morgan fingerprint density at radius 2 is 1.74 bits per heavy atom. The van der Waals surface area contributed by atoms with Crippen LogP contribution in [0.5, 0.6) is 0 Å². The van der Waals surface area contributed by atoms with Gasteiger partial charge in [0.1, 0.15) is 6.42 Å². The van der Waals surface area contributed by atoms with Crippen LogP contribution in [0, 0.1) is 0 Å². The van der Waals surface area contributed by atoms with E-state index in [2.05, 4.69) is 21.6 Å². The number of hydrogen-bond acceptors (Lipinski definition) is 5. The standard InChI is InChI=1S/C25H28N4O4.ClH/c30-22-15-24(32)29(21-10-5-17-3-1-2-4-20(17)25(21)27-22)19-8-6-18(7-9-19)26-23(31)16-28-11-13-33-14-12-28;/h5-10H,1-4,11-16H2,(H,26,31)(H,27,30);1H. The third-order valence-corrected chi connectivity index (χ3v) is 6.46. The quantitative estimate of drug-likeness (QED) is 0.650. The van der Waals surface area contributed by atoms with E-state index in [1.807, 2.05) is 6.07 Å². The number of nitrogens with zero attached hydrogens (tertiary/aromatic N) is 2. The summed E-state index contributed by atoms with van der Waals surface area (Å²) in [6.07, 6.45) is 3.90. The van der Waals surface area contributed by atoms with Crippen molar-refractivity contribution < 1.29 is 19.1 Å². The SMILES string of the molecule is Cl.O=C(CN1CCOCC1)Nc1ccc(N2C(=O)CC(=O)Nc3c2ccc2c3CCCC2)cc1. The summed E-state index contributed by atoms with van der Waals surface area (Å²) in [5.74, 6) is -0.636. The van der Waals surface area contributed by atoms with Crippen LogP contribution >= 0.6 is 12.4 Å². The summed E-state index contributed by atoms with van der Waals surface area (Å²) in [5.41, 5.74) is 5.17. The number of anilines is 4. The Labute approximate surface area is 205 Å². The Hall–Kier alpha value is -2.94. The first-order valence-corrected chi connectivity index (χ1v) is 11.6. The zero-order chi connectivity index (χ0) is 22.8. The van der Waals surface area contributed by atoms with Gasteiger partial charge >= 0.3 is 0 Å². The van der Waals surface area contributed by atoms with Gasteiger partial charge in [0.2, 0.25) is 17.7 Å². The predicted octanol–water partition coefficient (Wildman–Crippen LogP) is 3.26. The number of morpholine rings is 1. The van der Waals surface area contributed by atoms with E-state index in [9.17, 15) is 14.4 Å². The summed E-state index contributed by atoms with van der Waals surface area (Å²) in [6.45, 7) is 3.11. The van der Waals surface area contributed by atoms with Crippen LogP contribution in [0.3, 0.4) is 0 Å². The highest BCUT2D eigenvalue weighted by atomic mass is 35.5. The first kappa shape index (κ1) is 24.2. The van der Waals surface area contributed by atoms with Crippen molar-refractivity contribution in [3.05, 3.63) is 47.5 Å². The minimum absolute atomic E-state index is 0. The van der Waals surface area contributed by atoms with E-state index in [1.165, 1.54) is 5.56 Å². The van der Waals surface area contributed by atoms with Crippen molar-refractivity contribution in [1.29, 1.82) is 0 Å². The van der Waals surface area contributed by atoms with Crippen LogP contribution in [0.4, 0.5) is 22.7 Å². The topological polar surface area (TPSA) is 91.0 Å². The lowest BCUT2D eigenvalue weighted by Crippen LogP contribution is -2.41. The molecule has 0 aromatic heterocycles. The minimum Gasteiger partial charge on any atom is -0.379 e. The number of carbonyl (C=O) groups excluding carboxylic acids is 3. The van der Waals surface area contributed by atoms with Gasteiger partial charge in [0.25, 0.3) is 0 Å². The van der Waals surface area contributed by atoms with Gasteiger partial charge < -0.3 is 15.4 Å². The van der Waals surface area contributed by atoms with Gasteiger partial charge in [-0.2, -0.15) is 0 Å². The van der Waals surface area contributed by atoms with Gasteiger partial charge in [0.05, 0.1) is 31.1 Å². The third kappa shape index (κ3) is 5.09. The molecule has 1 fully saturated rings. The third-order valence-electron chi connectivity index (χ3n) is 6.46. The van der Waals surface area contributed by atoms with Crippen LogP contribution in [0.2, 0.25) is 0 Å². The highest BCUT2D eigenvalue weighted by molar-refractivity contribution is 6.17. The molecule has 2 heterocycles. The molecular weight excluding hydrogens is 456 g/mol. The van der Waals surface area contributed by atoms with Gasteiger partial charge in [-0.3, -0.25) is 24.2 Å². The van der Waals surface area contributed by atoms with Gasteiger partial charge in [-0.15, -0.1) is 12.4 Å². The highest BCUT2D eigenvalue weighted by Gasteiger charge is 2.30. The first-order valence-electron chi connectivity index (χ1n) is 11.6. The van der Waals surface area contributed by atoms with Crippen molar-refractivity contribution in [2.75, 3.05) is 48.4 Å². The van der Waals surface area contributed by atoms with E-state index in [1.54, 1.807) is 29.2 Å². The molecule has 0 spiro atoms. The van der Waals surface area contributed by atoms with Crippen LogP contribution in [0.25, 0.3) is 0 Å². The average Bonchev–Trinajstić information content (AvgIpc) is 2.95. The number of halogens is 1. The molecule has 5 rings (SSSR count). The van der Waals surface area contributed by atoms with Gasteiger partial charge in [-0.25, -0.2) is 0 Å². The van der Waals surface area contributed by atoms with Crippen molar-refractivity contribution in [3.63, 3.8) is 0 Å². The molecule has 0 unspecified atom stereocenters. The molecule has 2 aromatic carbocycles. The highest BCUT2D eigenvalue weighted by Crippen LogP contribution is 2.41. The Kier molecular flexibility index (Phi) is 7.50. The summed E-state index contributed by atoms with van der Waals surface area (Å²) in [6, 6.07) is 11.2. The van der Waals surface area contributed by atoms with Crippen molar-refractivity contribution in [2.45, 2.75) is 32.1 Å². The number of hydrogen-bond donors (Lipinski definition) is 2. The van der Waals surface area contributed by atoms with Gasteiger partial charge in [0, 0.05) is 24.5 Å². The van der Waals surface area contributed by atoms with E-state index in [-0.39, 0.29) is 36.5 Å². The lowest BCUT2D eigenvalue weighted by atomic mass is 9.89. The van der Waals surface area contributed by atoms with Crippen LogP contribution in [0.15, 0.2) is 36.4 Å². The predicted molar refractivity (Wildman–Crippen MR) is 133 cm³/mol. The summed E-state index contributed by atoms with van der Waals surface area (Å²) in [5, 5.41) is 5.90. The number of fused-ring (bicyclic) bond motifs is 3. The van der Waals surface area contributed by atoms with Gasteiger partial charge in [0.15, 0.2) is 0 Å². The first-order chi connectivity index (χ1) is 16.1. The molecule has 3 amide bonds. The number of amides is 3. The molecule has 34 heavy (non-hydrogen) atoms. The maximum atomic E-state index is 13.0. The number of rotatable bonds is 4. The zero-order valence-corrected chi connectivity index (χ0v) is 19.8. The fraction of sp³-hybridized carbons (Fsp3) is 0.400. The normalized spacial score (nSPS) is 18.2. The molecule has 9 heteroatoms. The molecule has 0 radical (unpaired) electrons. The summed E-state index contributed by atoms with van der Waals surface area (Å²) in [4.78, 5) is 41.5. The van der Waals surface area contributed by atoms with Crippen molar-refractivity contribution in [1.82, 2.24) is 4.90 Å². The van der Waals surface area contributed by atoms with Crippen molar-refractivity contribution >= 4 is 52.9 Å². The lowest BCUT2D eigenvalue weighted by Gasteiger charge is -2.27. The largest absolute Gasteiger partial charge is 0.379 e. The van der Waals surface area contributed by atoms with E-state index in [0.29, 0.717) is 36.8 Å². The maximum Gasteiger partial charge on any atom is 0.241 e. The zero-order valence-electron chi connectivity index (χ0n) is 19.0. The lowest BCUT2D eigenvalue weighted by molar-refractivity contribution is -0.124. The Morgan fingerprint density at radius 1 is 1.00 bits per heavy atom. The fourth-order valence-electron chi connectivity index (χ4n) is 4.82. The summed E-state index contributed by atoms with van der Waals surface area (Å²) >= 11 is 0. The second kappa shape index (κ2) is 10.5. The number of benzene rings is 2. The van der Waals surface area contributed by atoms with Crippen LogP contribution in [-0.4, -0.2) is 55.5 Å². The second-order valence-electron chi connectivity index (χ2n) is 8.74. The summed E-state index contributed by atoms with van der Waals surface area (Å²) < 4.78 is 5.32. The van der Waals surface area contributed by atoms with Crippen LogP contribution < -0.4 is 15.5 Å². The molecule has 180 valence electrons. The molecule has 2 N–H and O–H groups in total. The molecule has 8 nitrogen and oxygen atoms in total. The summed E-state index contributed by atoms with van der Waals surface area (Å²) in [7, 11) is 0. The number of carbonyl (C=O) groups is 3. The molecule has 1 saturated heterocycles. The molecule has 0 saturated carbocycles. The number of aryl methyl sites for hydroxylation is 1. The monoisotopic (exact) mass is 484 g/mol. The van der Waals surface area contributed by atoms with Crippen LogP contribution in [0.1, 0.15) is 30.4 Å². The Bertz CT molecular complexity index is 1080. The van der Waals surface area contributed by atoms with Crippen LogP contribution in [-0.2, 0) is 32.0 Å². The van der Waals surface area contributed by atoms with E-state index < -0.39 is 0 Å². The van der Waals surface area contributed by atoms with Crippen molar-refractivity contribution in [2.24, 2.45) is 0 Å². The molecule has 2 aromatic rings. The molecular formula is C25H29ClN4O4. The molecule has 2 aliphatic heterocycles. The Balaban J connectivity index is 0.00000274. The average molecular weight is 485 g/mol. The maximum absolute atomic E-state index is 13.0. The van der Waals surface area contributed by atoms with Gasteiger partial charge in [-0.1, -0.05) is 6.07 Å². The Morgan fingerprint density at radius 3 is 2.50 bits per heavy atom. The number of nitrogens with one attached hydrogen (secondary N) is 2. The molecule has 0 bridgehead atoms. The second-order valence-corrected chi connectivity index (χ2v) is 8.74. The minimum atomic E-state index is -0.283. The van der Waals surface area contributed by atoms with Gasteiger partial charge in [-0.05, 0) is 67.1 Å². The molecule has 0 atom stereocenters. The number of ether oxygens (including phenoxy) is 1.